The van der Waals surface area contributed by atoms with Crippen molar-refractivity contribution in [1.82, 2.24) is 0 Å². The number of hydrogen-bond acceptors (Lipinski definition) is 3. The Morgan fingerprint density at radius 3 is 1.78 bits per heavy atom. The molecule has 0 saturated heterocycles. The molecule has 0 spiro atoms. The van der Waals surface area contributed by atoms with E-state index in [2.05, 4.69) is 0 Å². The van der Waals surface area contributed by atoms with Gasteiger partial charge in [0.25, 0.3) is 0 Å². The van der Waals surface area contributed by atoms with E-state index in [1.807, 2.05) is 74.5 Å². The Kier molecular flexibility index (Phi) is 5.56. The van der Waals surface area contributed by atoms with Crippen LogP contribution in [-0.4, -0.2) is 23.8 Å². The van der Waals surface area contributed by atoms with Crippen LogP contribution in [0.15, 0.2) is 60.7 Å². The third-order valence-electron chi connectivity index (χ3n) is 4.35. The van der Waals surface area contributed by atoms with Crippen molar-refractivity contribution in [3.8, 4) is 0 Å². The molecule has 0 fully saturated rings. The highest BCUT2D eigenvalue weighted by molar-refractivity contribution is 5.78. The summed E-state index contributed by atoms with van der Waals surface area (Å²) in [5.41, 5.74) is 0.956. The number of esters is 1. The Labute approximate surface area is 137 Å². The molecule has 0 aliphatic carbocycles. The first-order valence-corrected chi connectivity index (χ1v) is 8.00. The summed E-state index contributed by atoms with van der Waals surface area (Å²) in [5.74, 6) is -0.597. The number of hydrogen-bond donors (Lipinski definition) is 1. The van der Waals surface area contributed by atoms with Crippen molar-refractivity contribution in [1.29, 1.82) is 0 Å². The SMILES string of the molecule is CCOC(=O)C(O)C(c1ccccc1)(c1ccccc1)C(C)C. The monoisotopic (exact) mass is 312 g/mol. The van der Waals surface area contributed by atoms with Gasteiger partial charge >= 0.3 is 5.97 Å². The Morgan fingerprint density at radius 1 is 1.00 bits per heavy atom. The molecule has 0 aliphatic heterocycles. The summed E-state index contributed by atoms with van der Waals surface area (Å²) in [5, 5.41) is 11.0. The van der Waals surface area contributed by atoms with E-state index in [0.29, 0.717) is 0 Å². The van der Waals surface area contributed by atoms with Gasteiger partial charge in [-0.3, -0.25) is 0 Å². The molecule has 1 N–H and O–H groups in total. The molecule has 0 aromatic heterocycles. The molecule has 0 radical (unpaired) electrons. The fourth-order valence-corrected chi connectivity index (χ4v) is 3.30. The van der Waals surface area contributed by atoms with E-state index in [4.69, 9.17) is 4.74 Å². The first kappa shape index (κ1) is 17.2. The van der Waals surface area contributed by atoms with E-state index in [-0.39, 0.29) is 12.5 Å². The van der Waals surface area contributed by atoms with E-state index < -0.39 is 17.5 Å². The van der Waals surface area contributed by atoms with Crippen LogP contribution in [0.4, 0.5) is 0 Å². The predicted octanol–water partition coefficient (Wildman–Crippen LogP) is 3.55. The third kappa shape index (κ3) is 3.15. The fourth-order valence-electron chi connectivity index (χ4n) is 3.30. The van der Waals surface area contributed by atoms with Crippen molar-refractivity contribution in [3.63, 3.8) is 0 Å². The minimum Gasteiger partial charge on any atom is -0.464 e. The molecule has 2 rings (SSSR count). The van der Waals surface area contributed by atoms with Crippen LogP contribution >= 0.6 is 0 Å². The van der Waals surface area contributed by atoms with E-state index in [9.17, 15) is 9.90 Å². The van der Waals surface area contributed by atoms with E-state index in [0.717, 1.165) is 11.1 Å². The molecule has 3 heteroatoms. The van der Waals surface area contributed by atoms with Gasteiger partial charge in [0, 0.05) is 0 Å². The lowest BCUT2D eigenvalue weighted by atomic mass is 9.63. The van der Waals surface area contributed by atoms with Crippen LogP contribution in [0.3, 0.4) is 0 Å². The van der Waals surface area contributed by atoms with Crippen LogP contribution in [0.25, 0.3) is 0 Å². The predicted molar refractivity (Wildman–Crippen MR) is 91.1 cm³/mol. The van der Waals surface area contributed by atoms with Gasteiger partial charge in [0.1, 0.15) is 0 Å². The molecular formula is C20H24O3. The van der Waals surface area contributed by atoms with Crippen molar-refractivity contribution >= 4 is 5.97 Å². The first-order valence-electron chi connectivity index (χ1n) is 8.00. The number of carbonyl (C=O) groups excluding carboxylic acids is 1. The Bertz CT molecular complexity index is 580. The zero-order valence-corrected chi connectivity index (χ0v) is 13.9. The number of rotatable bonds is 6. The average molecular weight is 312 g/mol. The lowest BCUT2D eigenvalue weighted by Gasteiger charge is -2.41. The normalized spacial score (nSPS) is 12.9. The third-order valence-corrected chi connectivity index (χ3v) is 4.35. The van der Waals surface area contributed by atoms with Gasteiger partial charge < -0.3 is 9.84 Å². The summed E-state index contributed by atoms with van der Waals surface area (Å²) in [6.07, 6.45) is -1.27. The Hall–Kier alpha value is -2.13. The summed E-state index contributed by atoms with van der Waals surface area (Å²) < 4.78 is 5.11. The van der Waals surface area contributed by atoms with Crippen LogP contribution in [0, 0.1) is 5.92 Å². The minimum atomic E-state index is -1.27. The van der Waals surface area contributed by atoms with Crippen molar-refractivity contribution in [2.75, 3.05) is 6.61 Å². The highest BCUT2D eigenvalue weighted by Gasteiger charge is 2.48. The van der Waals surface area contributed by atoms with Gasteiger partial charge in [0.15, 0.2) is 6.10 Å². The first-order chi connectivity index (χ1) is 11.0. The van der Waals surface area contributed by atoms with Gasteiger partial charge in [-0.05, 0) is 24.0 Å². The second kappa shape index (κ2) is 7.42. The van der Waals surface area contributed by atoms with E-state index >= 15 is 0 Å². The van der Waals surface area contributed by atoms with Gasteiger partial charge in [-0.25, -0.2) is 4.79 Å². The highest BCUT2D eigenvalue weighted by atomic mass is 16.5. The van der Waals surface area contributed by atoms with Crippen molar-refractivity contribution < 1.29 is 14.6 Å². The molecule has 0 saturated carbocycles. The van der Waals surface area contributed by atoms with Crippen LogP contribution in [0.2, 0.25) is 0 Å². The molecule has 2 aromatic carbocycles. The number of ether oxygens (including phenoxy) is 1. The van der Waals surface area contributed by atoms with Crippen LogP contribution in [-0.2, 0) is 14.9 Å². The standard InChI is InChI=1S/C20H24O3/c1-4-23-19(22)18(21)20(15(2)3,16-11-7-5-8-12-16)17-13-9-6-10-14-17/h5-15,18,21H,4H2,1-3H3. The van der Waals surface area contributed by atoms with Gasteiger partial charge in [-0.1, -0.05) is 74.5 Å². The topological polar surface area (TPSA) is 46.5 Å². The van der Waals surface area contributed by atoms with E-state index in [1.165, 1.54) is 0 Å². The molecule has 3 nitrogen and oxygen atoms in total. The molecule has 23 heavy (non-hydrogen) atoms. The van der Waals surface area contributed by atoms with Crippen molar-refractivity contribution in [2.24, 2.45) is 5.92 Å². The molecule has 2 aromatic rings. The van der Waals surface area contributed by atoms with Gasteiger partial charge in [-0.2, -0.15) is 0 Å². The fraction of sp³-hybridized carbons (Fsp3) is 0.350. The lowest BCUT2D eigenvalue weighted by Crippen LogP contribution is -2.50. The minimum absolute atomic E-state index is 0.00768. The number of benzene rings is 2. The highest BCUT2D eigenvalue weighted by Crippen LogP contribution is 2.42. The van der Waals surface area contributed by atoms with Crippen LogP contribution < -0.4 is 0 Å². The van der Waals surface area contributed by atoms with Gasteiger partial charge in [0.05, 0.1) is 12.0 Å². The van der Waals surface area contributed by atoms with Gasteiger partial charge in [0.2, 0.25) is 0 Å². The molecule has 1 unspecified atom stereocenters. The second-order valence-electron chi connectivity index (χ2n) is 5.91. The van der Waals surface area contributed by atoms with Crippen molar-refractivity contribution in [2.45, 2.75) is 32.3 Å². The summed E-state index contributed by atoms with van der Waals surface area (Å²) in [4.78, 5) is 12.4. The van der Waals surface area contributed by atoms with Gasteiger partial charge in [-0.15, -0.1) is 0 Å². The van der Waals surface area contributed by atoms with Crippen LogP contribution in [0.5, 0.6) is 0 Å². The van der Waals surface area contributed by atoms with Crippen molar-refractivity contribution in [3.05, 3.63) is 71.8 Å². The molecule has 0 bridgehead atoms. The summed E-state index contributed by atoms with van der Waals surface area (Å²) >= 11 is 0. The quantitative estimate of drug-likeness (QED) is 0.830. The lowest BCUT2D eigenvalue weighted by molar-refractivity contribution is -0.157. The maximum Gasteiger partial charge on any atom is 0.336 e. The Morgan fingerprint density at radius 2 is 1.43 bits per heavy atom. The number of aliphatic hydroxyl groups excluding tert-OH is 1. The van der Waals surface area contributed by atoms with E-state index in [1.54, 1.807) is 6.92 Å². The Balaban J connectivity index is 2.69. The molecule has 0 heterocycles. The second-order valence-corrected chi connectivity index (χ2v) is 5.91. The molecule has 0 aliphatic rings. The summed E-state index contributed by atoms with van der Waals surface area (Å²) in [6, 6.07) is 19.4. The maximum atomic E-state index is 12.4. The van der Waals surface area contributed by atoms with Crippen LogP contribution in [0.1, 0.15) is 31.9 Å². The average Bonchev–Trinajstić information content (AvgIpc) is 2.57. The molecule has 122 valence electrons. The zero-order valence-electron chi connectivity index (χ0n) is 13.9. The zero-order chi connectivity index (χ0) is 16.9. The molecular weight excluding hydrogens is 288 g/mol. The number of carbonyl (C=O) groups is 1. The molecule has 0 amide bonds. The summed E-state index contributed by atoms with van der Waals surface area (Å²) in [6.45, 7) is 6.02. The smallest absolute Gasteiger partial charge is 0.336 e. The largest absolute Gasteiger partial charge is 0.464 e. The summed E-state index contributed by atoms with van der Waals surface area (Å²) in [7, 11) is 0. The molecule has 1 atom stereocenters. The number of aliphatic hydroxyl groups is 1. The maximum absolute atomic E-state index is 12.4.